The molecule has 0 atom stereocenters. The van der Waals surface area contributed by atoms with Crippen LogP contribution in [0, 0.1) is 6.92 Å². The highest BCUT2D eigenvalue weighted by Gasteiger charge is 2.10. The molecule has 1 aromatic carbocycles. The van der Waals surface area contributed by atoms with Gasteiger partial charge in [-0.3, -0.25) is 9.88 Å². The van der Waals surface area contributed by atoms with E-state index in [1.165, 1.54) is 5.56 Å². The Morgan fingerprint density at radius 3 is 2.55 bits per heavy atom. The van der Waals surface area contributed by atoms with E-state index in [9.17, 15) is 5.11 Å². The number of rotatable bonds is 6. The lowest BCUT2D eigenvalue weighted by Crippen LogP contribution is -2.29. The Hall–Kier alpha value is -1.91. The first-order valence-corrected chi connectivity index (χ1v) is 6.81. The molecule has 1 aromatic heterocycles. The van der Waals surface area contributed by atoms with Gasteiger partial charge in [0.1, 0.15) is 5.75 Å². The van der Waals surface area contributed by atoms with Crippen molar-refractivity contribution in [2.45, 2.75) is 20.0 Å². The van der Waals surface area contributed by atoms with Crippen molar-refractivity contribution in [3.8, 4) is 5.75 Å². The van der Waals surface area contributed by atoms with Crippen LogP contribution in [0.15, 0.2) is 42.5 Å². The zero-order chi connectivity index (χ0) is 14.4. The molecule has 106 valence electrons. The molecule has 0 saturated carbocycles. The molecule has 0 aliphatic rings. The SMILES string of the molecule is Cc1ccc(O)c(CN(CCN)Cc2ccccc2)n1. The molecule has 0 amide bonds. The third-order valence-electron chi connectivity index (χ3n) is 3.16. The first kappa shape index (κ1) is 14.5. The Morgan fingerprint density at radius 2 is 1.85 bits per heavy atom. The van der Waals surface area contributed by atoms with E-state index in [-0.39, 0.29) is 5.75 Å². The van der Waals surface area contributed by atoms with Crippen LogP contribution in [0.5, 0.6) is 5.75 Å². The van der Waals surface area contributed by atoms with Crippen LogP contribution in [0.4, 0.5) is 0 Å². The maximum atomic E-state index is 9.90. The van der Waals surface area contributed by atoms with Gasteiger partial charge >= 0.3 is 0 Å². The molecule has 2 aromatic rings. The number of pyridine rings is 1. The minimum Gasteiger partial charge on any atom is -0.506 e. The van der Waals surface area contributed by atoms with Gasteiger partial charge < -0.3 is 10.8 Å². The average molecular weight is 271 g/mol. The van der Waals surface area contributed by atoms with Crippen molar-refractivity contribution in [2.75, 3.05) is 13.1 Å². The molecular weight excluding hydrogens is 250 g/mol. The number of nitrogens with two attached hydrogens (primary N) is 1. The van der Waals surface area contributed by atoms with Gasteiger partial charge in [0.15, 0.2) is 0 Å². The number of benzene rings is 1. The molecule has 0 bridgehead atoms. The third-order valence-corrected chi connectivity index (χ3v) is 3.16. The van der Waals surface area contributed by atoms with Crippen molar-refractivity contribution >= 4 is 0 Å². The molecule has 20 heavy (non-hydrogen) atoms. The quantitative estimate of drug-likeness (QED) is 0.844. The monoisotopic (exact) mass is 271 g/mol. The summed E-state index contributed by atoms with van der Waals surface area (Å²) in [7, 11) is 0. The summed E-state index contributed by atoms with van der Waals surface area (Å²) in [6, 6.07) is 13.7. The van der Waals surface area contributed by atoms with Gasteiger partial charge in [0.25, 0.3) is 0 Å². The van der Waals surface area contributed by atoms with Crippen LogP contribution in [-0.2, 0) is 13.1 Å². The lowest BCUT2D eigenvalue weighted by molar-refractivity contribution is 0.257. The molecule has 3 N–H and O–H groups in total. The fourth-order valence-corrected chi connectivity index (χ4v) is 2.17. The topological polar surface area (TPSA) is 62.4 Å². The molecule has 4 heteroatoms. The summed E-state index contributed by atoms with van der Waals surface area (Å²) < 4.78 is 0. The van der Waals surface area contributed by atoms with Gasteiger partial charge in [-0.15, -0.1) is 0 Å². The van der Waals surface area contributed by atoms with Gasteiger partial charge in [-0.25, -0.2) is 0 Å². The van der Waals surface area contributed by atoms with Crippen LogP contribution in [-0.4, -0.2) is 28.1 Å². The minimum absolute atomic E-state index is 0.241. The molecule has 0 aliphatic carbocycles. The zero-order valence-electron chi connectivity index (χ0n) is 11.8. The predicted octanol–water partition coefficient (Wildman–Crippen LogP) is 2.06. The van der Waals surface area contributed by atoms with Crippen molar-refractivity contribution in [3.63, 3.8) is 0 Å². The van der Waals surface area contributed by atoms with Gasteiger partial charge in [0.05, 0.1) is 5.69 Å². The van der Waals surface area contributed by atoms with Crippen molar-refractivity contribution < 1.29 is 5.11 Å². The van der Waals surface area contributed by atoms with Gasteiger partial charge in [-0.05, 0) is 24.6 Å². The second-order valence-corrected chi connectivity index (χ2v) is 4.90. The maximum Gasteiger partial charge on any atom is 0.138 e. The molecule has 0 fully saturated rings. The van der Waals surface area contributed by atoms with E-state index in [1.54, 1.807) is 6.07 Å². The van der Waals surface area contributed by atoms with E-state index in [4.69, 9.17) is 5.73 Å². The summed E-state index contributed by atoms with van der Waals surface area (Å²) in [4.78, 5) is 6.60. The van der Waals surface area contributed by atoms with Crippen LogP contribution < -0.4 is 5.73 Å². The molecule has 0 radical (unpaired) electrons. The lowest BCUT2D eigenvalue weighted by Gasteiger charge is -2.21. The maximum absolute atomic E-state index is 9.90. The van der Waals surface area contributed by atoms with Crippen LogP contribution in [0.2, 0.25) is 0 Å². The van der Waals surface area contributed by atoms with Crippen molar-refractivity contribution in [1.82, 2.24) is 9.88 Å². The minimum atomic E-state index is 0.241. The number of nitrogens with zero attached hydrogens (tertiary/aromatic N) is 2. The van der Waals surface area contributed by atoms with Crippen molar-refractivity contribution in [2.24, 2.45) is 5.73 Å². The third kappa shape index (κ3) is 4.05. The Bertz CT molecular complexity index is 543. The highest BCUT2D eigenvalue weighted by Crippen LogP contribution is 2.17. The normalized spacial score (nSPS) is 10.9. The predicted molar refractivity (Wildman–Crippen MR) is 80.2 cm³/mol. The largest absolute Gasteiger partial charge is 0.506 e. The first-order chi connectivity index (χ1) is 9.69. The second-order valence-electron chi connectivity index (χ2n) is 4.90. The van der Waals surface area contributed by atoms with Gasteiger partial charge in [-0.2, -0.15) is 0 Å². The van der Waals surface area contributed by atoms with E-state index in [0.29, 0.717) is 18.8 Å². The number of aryl methyl sites for hydroxylation is 1. The fourth-order valence-electron chi connectivity index (χ4n) is 2.17. The molecule has 1 heterocycles. The van der Waals surface area contributed by atoms with Gasteiger partial charge in [0.2, 0.25) is 0 Å². The number of aromatic nitrogens is 1. The standard InChI is InChI=1S/C16H21N3O/c1-13-7-8-16(20)15(18-13)12-19(10-9-17)11-14-5-3-2-4-6-14/h2-8,20H,9-12,17H2,1H3. The number of hydrogen-bond donors (Lipinski definition) is 2. The van der Waals surface area contributed by atoms with E-state index in [2.05, 4.69) is 22.0 Å². The zero-order valence-corrected chi connectivity index (χ0v) is 11.8. The summed E-state index contributed by atoms with van der Waals surface area (Å²) >= 11 is 0. The van der Waals surface area contributed by atoms with E-state index >= 15 is 0 Å². The Labute approximate surface area is 119 Å². The van der Waals surface area contributed by atoms with E-state index < -0.39 is 0 Å². The van der Waals surface area contributed by atoms with Crippen LogP contribution in [0.1, 0.15) is 17.0 Å². The summed E-state index contributed by atoms with van der Waals surface area (Å²) in [6.45, 7) is 4.67. The Kier molecular flexibility index (Phi) is 5.09. The molecule has 0 spiro atoms. The Balaban J connectivity index is 2.11. The molecule has 0 aliphatic heterocycles. The van der Waals surface area contributed by atoms with E-state index in [1.807, 2.05) is 31.2 Å². The highest BCUT2D eigenvalue weighted by atomic mass is 16.3. The molecule has 4 nitrogen and oxygen atoms in total. The Morgan fingerprint density at radius 1 is 1.10 bits per heavy atom. The molecule has 0 saturated heterocycles. The smallest absolute Gasteiger partial charge is 0.138 e. The number of hydrogen-bond acceptors (Lipinski definition) is 4. The highest BCUT2D eigenvalue weighted by molar-refractivity contribution is 5.27. The molecule has 0 unspecified atom stereocenters. The lowest BCUT2D eigenvalue weighted by atomic mass is 10.2. The van der Waals surface area contributed by atoms with Gasteiger partial charge in [-0.1, -0.05) is 30.3 Å². The average Bonchev–Trinajstić information content (AvgIpc) is 2.44. The van der Waals surface area contributed by atoms with Gasteiger partial charge in [0, 0.05) is 31.9 Å². The van der Waals surface area contributed by atoms with Crippen LogP contribution >= 0.6 is 0 Å². The molecule has 2 rings (SSSR count). The summed E-state index contributed by atoms with van der Waals surface area (Å²) in [5, 5.41) is 9.90. The number of aromatic hydroxyl groups is 1. The fraction of sp³-hybridized carbons (Fsp3) is 0.312. The second kappa shape index (κ2) is 7.03. The summed E-state index contributed by atoms with van der Waals surface area (Å²) in [5.41, 5.74) is 8.52. The molecular formula is C16H21N3O. The van der Waals surface area contributed by atoms with Crippen LogP contribution in [0.25, 0.3) is 0 Å². The van der Waals surface area contributed by atoms with Crippen molar-refractivity contribution in [3.05, 3.63) is 59.4 Å². The van der Waals surface area contributed by atoms with Crippen LogP contribution in [0.3, 0.4) is 0 Å². The summed E-state index contributed by atoms with van der Waals surface area (Å²) in [6.07, 6.45) is 0. The first-order valence-electron chi connectivity index (χ1n) is 6.81. The van der Waals surface area contributed by atoms with E-state index in [0.717, 1.165) is 18.8 Å². The summed E-state index contributed by atoms with van der Waals surface area (Å²) in [5.74, 6) is 0.241. The van der Waals surface area contributed by atoms with Crippen molar-refractivity contribution in [1.29, 1.82) is 0 Å².